The number of carbonyl (C=O) groups is 3. The highest BCUT2D eigenvalue weighted by molar-refractivity contribution is 6.48. The molecule has 4 fully saturated rings. The Kier molecular flexibility index (Phi) is 13.0. The number of amides is 4. The first-order chi connectivity index (χ1) is 19.9. The summed E-state index contributed by atoms with van der Waals surface area (Å²) in [5.41, 5.74) is 5.08. The fourth-order valence-corrected chi connectivity index (χ4v) is 7.56. The normalized spacial score (nSPS) is 27.1. The number of nitrogens with one attached hydrogen (secondary N) is 3. The van der Waals surface area contributed by atoms with Gasteiger partial charge in [0.25, 0.3) is 0 Å². The van der Waals surface area contributed by atoms with Gasteiger partial charge in [-0.3, -0.25) is 9.59 Å². The SMILES string of the molecule is CCCCCCCCCC(=O)N[C@@H](CCCCNC(N)=O)C(=O)N[C@@H](CC(C)C)B1O[C@@H]2C[C@@H]3C[C@@H](C3(C)C)[C@]2(C)O1. The molecule has 1 aliphatic heterocycles. The molecule has 4 rings (SSSR count). The third kappa shape index (κ3) is 9.10. The summed E-state index contributed by atoms with van der Waals surface area (Å²) in [5, 5.41) is 8.84. The van der Waals surface area contributed by atoms with E-state index in [0.29, 0.717) is 50.0 Å². The van der Waals surface area contributed by atoms with Crippen LogP contribution in [0.25, 0.3) is 0 Å². The minimum absolute atomic E-state index is 0.0427. The number of urea groups is 1. The van der Waals surface area contributed by atoms with Crippen LogP contribution >= 0.6 is 0 Å². The molecule has 4 amide bonds. The van der Waals surface area contributed by atoms with Crippen molar-refractivity contribution in [2.45, 2.75) is 155 Å². The average molecular weight is 591 g/mol. The maximum atomic E-state index is 13.7. The van der Waals surface area contributed by atoms with Crippen LogP contribution in [0.1, 0.15) is 131 Å². The third-order valence-electron chi connectivity index (χ3n) is 10.2. The molecule has 42 heavy (non-hydrogen) atoms. The van der Waals surface area contributed by atoms with E-state index < -0.39 is 19.2 Å². The molecule has 9 nitrogen and oxygen atoms in total. The first-order valence-electron chi connectivity index (χ1n) is 16.8. The topological polar surface area (TPSA) is 132 Å². The highest BCUT2D eigenvalue weighted by Crippen LogP contribution is 2.65. The Bertz CT molecular complexity index is 902. The Hall–Kier alpha value is -1.81. The molecule has 3 saturated carbocycles. The minimum Gasteiger partial charge on any atom is -0.404 e. The summed E-state index contributed by atoms with van der Waals surface area (Å²) in [7, 11) is -0.509. The van der Waals surface area contributed by atoms with Crippen molar-refractivity contribution in [2.24, 2.45) is 28.9 Å². The van der Waals surface area contributed by atoms with E-state index in [1.807, 2.05) is 0 Å². The van der Waals surface area contributed by atoms with Crippen molar-refractivity contribution >= 4 is 25.0 Å². The van der Waals surface area contributed by atoms with Crippen molar-refractivity contribution in [2.75, 3.05) is 6.54 Å². The molecule has 4 aliphatic rings. The van der Waals surface area contributed by atoms with Crippen molar-refractivity contribution in [3.8, 4) is 0 Å². The summed E-state index contributed by atoms with van der Waals surface area (Å²) >= 11 is 0. The van der Waals surface area contributed by atoms with Crippen molar-refractivity contribution in [1.29, 1.82) is 0 Å². The zero-order chi connectivity index (χ0) is 30.9. The molecule has 5 N–H and O–H groups in total. The number of unbranched alkanes of at least 4 members (excludes halogenated alkanes) is 7. The van der Waals surface area contributed by atoms with Crippen LogP contribution in [0.5, 0.6) is 0 Å². The smallest absolute Gasteiger partial charge is 0.404 e. The molecular formula is C32H59BN4O5. The van der Waals surface area contributed by atoms with Crippen LogP contribution in [-0.4, -0.2) is 55.2 Å². The monoisotopic (exact) mass is 590 g/mol. The van der Waals surface area contributed by atoms with E-state index in [-0.39, 0.29) is 34.9 Å². The molecule has 0 unspecified atom stereocenters. The van der Waals surface area contributed by atoms with Gasteiger partial charge in [0.05, 0.1) is 17.6 Å². The Morgan fingerprint density at radius 2 is 1.64 bits per heavy atom. The summed E-state index contributed by atoms with van der Waals surface area (Å²) in [5.74, 6) is 0.831. The van der Waals surface area contributed by atoms with Crippen molar-refractivity contribution in [3.63, 3.8) is 0 Å². The van der Waals surface area contributed by atoms with E-state index in [0.717, 1.165) is 32.1 Å². The molecule has 2 bridgehead atoms. The van der Waals surface area contributed by atoms with E-state index in [2.05, 4.69) is 57.5 Å². The van der Waals surface area contributed by atoms with Gasteiger partial charge in [0.2, 0.25) is 11.8 Å². The second-order valence-corrected chi connectivity index (χ2v) is 14.4. The number of hydrogen-bond acceptors (Lipinski definition) is 5. The highest BCUT2D eigenvalue weighted by atomic mass is 16.7. The largest absolute Gasteiger partial charge is 0.481 e. The Balaban J connectivity index is 1.59. The number of nitrogens with two attached hydrogens (primary N) is 1. The van der Waals surface area contributed by atoms with Crippen LogP contribution in [0.2, 0.25) is 0 Å². The van der Waals surface area contributed by atoms with Crippen LogP contribution in [0.15, 0.2) is 0 Å². The lowest BCUT2D eigenvalue weighted by molar-refractivity contribution is -0.199. The first-order valence-corrected chi connectivity index (χ1v) is 16.8. The van der Waals surface area contributed by atoms with Gasteiger partial charge in [0, 0.05) is 13.0 Å². The first kappa shape index (κ1) is 34.7. The second kappa shape index (κ2) is 15.8. The molecule has 10 heteroatoms. The van der Waals surface area contributed by atoms with Crippen molar-refractivity contribution in [1.82, 2.24) is 16.0 Å². The number of rotatable bonds is 19. The zero-order valence-electron chi connectivity index (χ0n) is 27.3. The van der Waals surface area contributed by atoms with Gasteiger partial charge in [-0.05, 0) is 75.0 Å². The quantitative estimate of drug-likeness (QED) is 0.121. The lowest BCUT2D eigenvalue weighted by Gasteiger charge is -2.64. The highest BCUT2D eigenvalue weighted by Gasteiger charge is 2.68. The van der Waals surface area contributed by atoms with E-state index in [1.54, 1.807) is 0 Å². The van der Waals surface area contributed by atoms with E-state index in [1.165, 1.54) is 32.1 Å². The lowest BCUT2D eigenvalue weighted by Crippen LogP contribution is -2.65. The van der Waals surface area contributed by atoms with Crippen LogP contribution in [0.3, 0.4) is 0 Å². The van der Waals surface area contributed by atoms with Crippen LogP contribution < -0.4 is 21.7 Å². The molecule has 0 radical (unpaired) electrons. The van der Waals surface area contributed by atoms with Gasteiger partial charge in [-0.2, -0.15) is 0 Å². The van der Waals surface area contributed by atoms with E-state index in [4.69, 9.17) is 15.0 Å². The molecule has 0 aromatic heterocycles. The fraction of sp³-hybridized carbons (Fsp3) is 0.906. The van der Waals surface area contributed by atoms with E-state index in [9.17, 15) is 14.4 Å². The molecule has 1 saturated heterocycles. The summed E-state index contributed by atoms with van der Waals surface area (Å²) in [4.78, 5) is 37.6. The molecule has 0 aromatic carbocycles. The predicted molar refractivity (Wildman–Crippen MR) is 167 cm³/mol. The summed E-state index contributed by atoms with van der Waals surface area (Å²) < 4.78 is 13.3. The van der Waals surface area contributed by atoms with Crippen molar-refractivity contribution in [3.05, 3.63) is 0 Å². The van der Waals surface area contributed by atoms with Gasteiger partial charge in [0.15, 0.2) is 0 Å². The zero-order valence-corrected chi connectivity index (χ0v) is 27.3. The summed E-state index contributed by atoms with van der Waals surface area (Å²) in [6.07, 6.45) is 13.1. The molecule has 1 heterocycles. The van der Waals surface area contributed by atoms with Crippen LogP contribution in [0.4, 0.5) is 4.79 Å². The Morgan fingerprint density at radius 3 is 2.29 bits per heavy atom. The number of carbonyl (C=O) groups excluding carboxylic acids is 3. The molecule has 3 aliphatic carbocycles. The molecular weight excluding hydrogens is 531 g/mol. The third-order valence-corrected chi connectivity index (χ3v) is 10.2. The maximum Gasteiger partial charge on any atom is 0.481 e. The van der Waals surface area contributed by atoms with Gasteiger partial charge >= 0.3 is 13.1 Å². The minimum atomic E-state index is -0.656. The Labute approximate surface area is 255 Å². The van der Waals surface area contributed by atoms with Gasteiger partial charge in [-0.1, -0.05) is 73.1 Å². The van der Waals surface area contributed by atoms with Crippen molar-refractivity contribution < 1.29 is 23.7 Å². The van der Waals surface area contributed by atoms with Gasteiger partial charge in [0.1, 0.15) is 6.04 Å². The average Bonchev–Trinajstić information content (AvgIpc) is 3.28. The second-order valence-electron chi connectivity index (χ2n) is 14.4. The summed E-state index contributed by atoms with van der Waals surface area (Å²) in [6, 6.07) is -1.22. The molecule has 0 spiro atoms. The lowest BCUT2D eigenvalue weighted by atomic mass is 9.43. The fourth-order valence-electron chi connectivity index (χ4n) is 7.56. The molecule has 6 atom stereocenters. The van der Waals surface area contributed by atoms with Gasteiger partial charge in [-0.25, -0.2) is 4.79 Å². The maximum absolute atomic E-state index is 13.7. The molecule has 240 valence electrons. The number of hydrogen-bond donors (Lipinski definition) is 4. The molecule has 0 aromatic rings. The van der Waals surface area contributed by atoms with Crippen LogP contribution in [0, 0.1) is 23.2 Å². The number of primary amides is 1. The van der Waals surface area contributed by atoms with Gasteiger partial charge in [-0.15, -0.1) is 0 Å². The predicted octanol–water partition coefficient (Wildman–Crippen LogP) is 5.25. The van der Waals surface area contributed by atoms with E-state index >= 15 is 0 Å². The standard InChI is InChI=1S/C32H59BN4O5/c1-7-8-9-10-11-12-13-17-28(38)36-24(16-14-15-18-35-30(34)40)29(39)37-27(19-22(2)3)33-41-26-21-23-20-25(31(23,4)5)32(26,6)42-33/h22-27H,7-21H2,1-6H3,(H,36,38)(H,37,39)(H3,34,35,40)/t23-,24-,25-,26+,27-,32-/m0/s1. The summed E-state index contributed by atoms with van der Waals surface area (Å²) in [6.45, 7) is 13.8. The van der Waals surface area contributed by atoms with Gasteiger partial charge < -0.3 is 31.0 Å². The Morgan fingerprint density at radius 1 is 0.952 bits per heavy atom. The van der Waals surface area contributed by atoms with Crippen LogP contribution in [-0.2, 0) is 18.9 Å².